The van der Waals surface area contributed by atoms with E-state index in [0.717, 1.165) is 0 Å². The molecule has 0 heterocycles. The van der Waals surface area contributed by atoms with Crippen molar-refractivity contribution in [1.29, 1.82) is 0 Å². The third-order valence-electron chi connectivity index (χ3n) is 3.32. The normalized spacial score (nSPS) is 13.1. The van der Waals surface area contributed by atoms with Gasteiger partial charge in [-0.1, -0.05) is 35.9 Å². The Kier molecular flexibility index (Phi) is 2.84. The summed E-state index contributed by atoms with van der Waals surface area (Å²) in [4.78, 5) is 25.1. The van der Waals surface area contributed by atoms with Gasteiger partial charge in [-0.15, -0.1) is 0 Å². The van der Waals surface area contributed by atoms with Gasteiger partial charge in [0.15, 0.2) is 11.6 Å². The zero-order chi connectivity index (χ0) is 14.6. The number of ketones is 2. The number of carbonyl (C=O) groups excluding carboxylic acids is 2. The van der Waals surface area contributed by atoms with Gasteiger partial charge in [0.05, 0.1) is 32.0 Å². The molecule has 4 N–H and O–H groups in total. The van der Waals surface area contributed by atoms with E-state index in [0.29, 0.717) is 15.6 Å². The van der Waals surface area contributed by atoms with Crippen molar-refractivity contribution in [1.82, 2.24) is 0 Å². The van der Waals surface area contributed by atoms with Gasteiger partial charge in [0.25, 0.3) is 0 Å². The molecule has 0 amide bonds. The van der Waals surface area contributed by atoms with Crippen LogP contribution in [0, 0.1) is 0 Å². The molecule has 3 rings (SSSR count). The second kappa shape index (κ2) is 4.33. The smallest absolute Gasteiger partial charge is 0.196 e. The highest BCUT2D eigenvalue weighted by Gasteiger charge is 2.35. The highest BCUT2D eigenvalue weighted by atomic mass is 79.9. The van der Waals surface area contributed by atoms with E-state index in [1.165, 1.54) is 0 Å². The molecule has 100 valence electrons. The summed E-state index contributed by atoms with van der Waals surface area (Å²) in [5.41, 5.74) is 12.8. The lowest BCUT2D eigenvalue weighted by Gasteiger charge is -2.22. The largest absolute Gasteiger partial charge is 0.397 e. The Hall–Kier alpha value is -1.85. The number of halogens is 2. The first-order valence-electron chi connectivity index (χ1n) is 5.69. The topological polar surface area (TPSA) is 86.2 Å². The predicted octanol–water partition coefficient (Wildman–Crippen LogP) is 3.04. The molecule has 4 nitrogen and oxygen atoms in total. The Morgan fingerprint density at radius 3 is 1.85 bits per heavy atom. The number of nitrogen functional groups attached to an aromatic ring is 2. The van der Waals surface area contributed by atoms with Crippen molar-refractivity contribution in [2.75, 3.05) is 11.5 Å². The standard InChI is InChI=1S/C14H8BrClN2O2/c15-9-10(16)12(18)8-7(11(9)17)13(19)5-3-1-2-4-6(5)14(8)20/h1-4H,17-18H2. The van der Waals surface area contributed by atoms with Gasteiger partial charge in [-0.25, -0.2) is 0 Å². The maximum atomic E-state index is 12.5. The first-order valence-corrected chi connectivity index (χ1v) is 6.86. The number of anilines is 2. The molecule has 0 saturated heterocycles. The van der Waals surface area contributed by atoms with Gasteiger partial charge in [0.1, 0.15) is 0 Å². The van der Waals surface area contributed by atoms with Crippen LogP contribution in [-0.2, 0) is 0 Å². The lowest BCUT2D eigenvalue weighted by atomic mass is 9.82. The molecular weight excluding hydrogens is 344 g/mol. The average Bonchev–Trinajstić information content (AvgIpc) is 2.46. The van der Waals surface area contributed by atoms with Crippen molar-refractivity contribution >= 4 is 50.5 Å². The molecule has 0 bridgehead atoms. The number of rotatable bonds is 0. The van der Waals surface area contributed by atoms with Gasteiger partial charge in [-0.05, 0) is 15.9 Å². The van der Waals surface area contributed by atoms with Gasteiger partial charge in [0, 0.05) is 11.1 Å². The molecule has 0 saturated carbocycles. The molecule has 0 aliphatic heterocycles. The zero-order valence-corrected chi connectivity index (χ0v) is 12.4. The summed E-state index contributed by atoms with van der Waals surface area (Å²) < 4.78 is 0.330. The molecule has 6 heteroatoms. The van der Waals surface area contributed by atoms with Crippen molar-refractivity contribution in [2.45, 2.75) is 0 Å². The molecule has 1 aliphatic rings. The maximum Gasteiger partial charge on any atom is 0.196 e. The first-order chi connectivity index (χ1) is 9.45. The number of benzene rings is 2. The molecule has 0 spiro atoms. The predicted molar refractivity (Wildman–Crippen MR) is 81.3 cm³/mol. The van der Waals surface area contributed by atoms with Crippen molar-refractivity contribution in [2.24, 2.45) is 0 Å². The lowest BCUT2D eigenvalue weighted by Crippen LogP contribution is -2.24. The van der Waals surface area contributed by atoms with Crippen LogP contribution in [0.3, 0.4) is 0 Å². The lowest BCUT2D eigenvalue weighted by molar-refractivity contribution is 0.0980. The minimum absolute atomic E-state index is 0.0654. The third-order valence-corrected chi connectivity index (χ3v) is 4.77. The maximum absolute atomic E-state index is 12.5. The van der Waals surface area contributed by atoms with Crippen LogP contribution in [0.25, 0.3) is 0 Å². The summed E-state index contributed by atoms with van der Waals surface area (Å²) in [5, 5.41) is 0.141. The Morgan fingerprint density at radius 2 is 1.35 bits per heavy atom. The number of hydrogen-bond acceptors (Lipinski definition) is 4. The van der Waals surface area contributed by atoms with Crippen LogP contribution in [0.15, 0.2) is 28.7 Å². The Bertz CT molecular complexity index is 736. The van der Waals surface area contributed by atoms with Crippen LogP contribution in [0.2, 0.25) is 5.02 Å². The van der Waals surface area contributed by atoms with Gasteiger partial charge < -0.3 is 11.5 Å². The van der Waals surface area contributed by atoms with Crippen LogP contribution < -0.4 is 11.5 Å². The van der Waals surface area contributed by atoms with Gasteiger partial charge in [0.2, 0.25) is 0 Å². The molecule has 0 radical (unpaired) electrons. The monoisotopic (exact) mass is 350 g/mol. The van der Waals surface area contributed by atoms with E-state index in [-0.39, 0.29) is 39.1 Å². The fourth-order valence-electron chi connectivity index (χ4n) is 2.35. The van der Waals surface area contributed by atoms with Crippen molar-refractivity contribution in [3.8, 4) is 0 Å². The Morgan fingerprint density at radius 1 is 0.900 bits per heavy atom. The summed E-state index contributed by atoms with van der Waals surface area (Å²) in [6.07, 6.45) is 0. The number of nitrogens with two attached hydrogens (primary N) is 2. The third kappa shape index (κ3) is 1.53. The van der Waals surface area contributed by atoms with E-state index in [9.17, 15) is 9.59 Å². The summed E-state index contributed by atoms with van der Waals surface area (Å²) in [6.45, 7) is 0. The SMILES string of the molecule is Nc1c(Cl)c(Br)c(N)c2c1C(=O)c1ccccc1C2=O. The number of fused-ring (bicyclic) bond motifs is 2. The van der Waals surface area contributed by atoms with E-state index >= 15 is 0 Å². The number of hydrogen-bond donors (Lipinski definition) is 2. The fourth-order valence-corrected chi connectivity index (χ4v) is 2.95. The van der Waals surface area contributed by atoms with Crippen LogP contribution in [0.4, 0.5) is 11.4 Å². The summed E-state index contributed by atoms with van der Waals surface area (Å²) >= 11 is 9.24. The average molecular weight is 352 g/mol. The molecule has 1 aliphatic carbocycles. The van der Waals surface area contributed by atoms with Crippen molar-refractivity contribution in [3.05, 3.63) is 56.0 Å². The van der Waals surface area contributed by atoms with E-state index in [2.05, 4.69) is 15.9 Å². The van der Waals surface area contributed by atoms with Crippen LogP contribution in [0.1, 0.15) is 31.8 Å². The molecule has 2 aromatic carbocycles. The zero-order valence-electron chi connectivity index (χ0n) is 10.0. The molecule has 20 heavy (non-hydrogen) atoms. The highest BCUT2D eigenvalue weighted by Crippen LogP contribution is 2.43. The molecular formula is C14H8BrClN2O2. The van der Waals surface area contributed by atoms with E-state index in [4.69, 9.17) is 23.1 Å². The van der Waals surface area contributed by atoms with Gasteiger partial charge >= 0.3 is 0 Å². The van der Waals surface area contributed by atoms with Crippen LogP contribution in [0.5, 0.6) is 0 Å². The quantitative estimate of drug-likeness (QED) is 0.610. The van der Waals surface area contributed by atoms with Gasteiger partial charge in [-0.3, -0.25) is 9.59 Å². The van der Waals surface area contributed by atoms with E-state index < -0.39 is 0 Å². The van der Waals surface area contributed by atoms with E-state index in [1.54, 1.807) is 24.3 Å². The Labute approximate surface area is 127 Å². The first kappa shape index (κ1) is 13.1. The second-order valence-corrected chi connectivity index (χ2v) is 5.58. The van der Waals surface area contributed by atoms with Crippen molar-refractivity contribution < 1.29 is 9.59 Å². The Balaban J connectivity index is 2.46. The highest BCUT2D eigenvalue weighted by molar-refractivity contribution is 9.10. The summed E-state index contributed by atoms with van der Waals surface area (Å²) in [5.74, 6) is -0.662. The fraction of sp³-hybridized carbons (Fsp3) is 0. The summed E-state index contributed by atoms with van der Waals surface area (Å²) in [7, 11) is 0. The van der Waals surface area contributed by atoms with Gasteiger partial charge in [-0.2, -0.15) is 0 Å². The summed E-state index contributed by atoms with van der Waals surface area (Å²) in [6, 6.07) is 6.56. The molecule has 0 aromatic heterocycles. The molecule has 0 atom stereocenters. The van der Waals surface area contributed by atoms with Crippen LogP contribution in [-0.4, -0.2) is 11.6 Å². The minimum Gasteiger partial charge on any atom is -0.397 e. The molecule has 2 aromatic rings. The van der Waals surface area contributed by atoms with Crippen molar-refractivity contribution in [3.63, 3.8) is 0 Å². The molecule has 0 unspecified atom stereocenters. The number of carbonyl (C=O) groups is 2. The molecule has 0 fully saturated rings. The minimum atomic E-state index is -0.339. The van der Waals surface area contributed by atoms with E-state index in [1.807, 2.05) is 0 Å². The van der Waals surface area contributed by atoms with Crippen LogP contribution >= 0.6 is 27.5 Å². The second-order valence-electron chi connectivity index (χ2n) is 4.41.